The van der Waals surface area contributed by atoms with Crippen LogP contribution in [0.3, 0.4) is 0 Å². The van der Waals surface area contributed by atoms with Gasteiger partial charge in [0, 0.05) is 12.3 Å². The van der Waals surface area contributed by atoms with Crippen LogP contribution in [-0.2, 0) is 4.79 Å². The summed E-state index contributed by atoms with van der Waals surface area (Å²) in [4.78, 5) is 24.2. The second kappa shape index (κ2) is 8.45. The maximum Gasteiger partial charge on any atom is 0.253 e. The normalized spacial score (nSPS) is 11.6. The third-order valence-corrected chi connectivity index (χ3v) is 3.67. The number of rotatable bonds is 6. The molecule has 0 bridgehead atoms. The summed E-state index contributed by atoms with van der Waals surface area (Å²) < 4.78 is 13.0. The van der Waals surface area contributed by atoms with Crippen molar-refractivity contribution in [3.63, 3.8) is 0 Å². The molecule has 2 aromatic carbocycles. The minimum absolute atomic E-state index is 0.170. The Morgan fingerprint density at radius 2 is 1.79 bits per heavy atom. The third-order valence-electron chi connectivity index (χ3n) is 3.48. The van der Waals surface area contributed by atoms with E-state index in [9.17, 15) is 14.0 Å². The first kappa shape index (κ1) is 17.9. The van der Waals surface area contributed by atoms with Gasteiger partial charge < -0.3 is 10.6 Å². The Balaban J connectivity index is 2.11. The first-order valence-corrected chi connectivity index (χ1v) is 8.06. The molecule has 4 nitrogen and oxygen atoms in total. The molecule has 2 rings (SSSR count). The lowest BCUT2D eigenvalue weighted by Gasteiger charge is -2.16. The second-order valence-corrected chi connectivity index (χ2v) is 5.66. The van der Waals surface area contributed by atoms with Gasteiger partial charge in [-0.3, -0.25) is 9.59 Å². The molecule has 0 aliphatic carbocycles. The Labute approximate surface area is 145 Å². The van der Waals surface area contributed by atoms with Crippen LogP contribution in [0.15, 0.2) is 48.5 Å². The summed E-state index contributed by atoms with van der Waals surface area (Å²) in [7, 11) is 0. The fraction of sp³-hybridized carbons (Fsp3) is 0.222. The van der Waals surface area contributed by atoms with E-state index in [0.717, 1.165) is 5.56 Å². The fourth-order valence-electron chi connectivity index (χ4n) is 2.20. The second-order valence-electron chi connectivity index (χ2n) is 5.28. The van der Waals surface area contributed by atoms with Gasteiger partial charge in [-0.1, -0.05) is 24.3 Å². The molecule has 0 aliphatic rings. The molecule has 0 radical (unpaired) electrons. The SMILES string of the molecule is C[C@H](NC(=O)c1ccccc1NC(=O)CCCl)c1ccc(F)cc1. The van der Waals surface area contributed by atoms with Crippen LogP contribution in [0.4, 0.5) is 10.1 Å². The Bertz CT molecular complexity index is 719. The number of para-hydroxylation sites is 1. The molecule has 0 saturated heterocycles. The zero-order chi connectivity index (χ0) is 17.5. The number of carbonyl (C=O) groups excluding carboxylic acids is 2. The highest BCUT2D eigenvalue weighted by atomic mass is 35.5. The molecular formula is C18H18ClFN2O2. The minimum Gasteiger partial charge on any atom is -0.345 e. The van der Waals surface area contributed by atoms with Gasteiger partial charge >= 0.3 is 0 Å². The first-order chi connectivity index (χ1) is 11.5. The van der Waals surface area contributed by atoms with Gasteiger partial charge in [0.25, 0.3) is 5.91 Å². The molecule has 0 aromatic heterocycles. The molecule has 0 heterocycles. The number of benzene rings is 2. The number of nitrogens with one attached hydrogen (secondary N) is 2. The van der Waals surface area contributed by atoms with Gasteiger partial charge in [-0.2, -0.15) is 0 Å². The lowest BCUT2D eigenvalue weighted by atomic mass is 10.1. The van der Waals surface area contributed by atoms with Crippen LogP contribution in [0, 0.1) is 5.82 Å². The van der Waals surface area contributed by atoms with E-state index in [0.29, 0.717) is 11.3 Å². The van der Waals surface area contributed by atoms with Crippen molar-refractivity contribution in [2.24, 2.45) is 0 Å². The molecule has 0 unspecified atom stereocenters. The lowest BCUT2D eigenvalue weighted by Crippen LogP contribution is -2.28. The van der Waals surface area contributed by atoms with Crippen molar-refractivity contribution in [1.29, 1.82) is 0 Å². The minimum atomic E-state index is -0.329. The van der Waals surface area contributed by atoms with Gasteiger partial charge in [0.2, 0.25) is 5.91 Å². The molecule has 2 amide bonds. The summed E-state index contributed by atoms with van der Waals surface area (Å²) in [6.07, 6.45) is 0.170. The van der Waals surface area contributed by atoms with Gasteiger partial charge in [-0.15, -0.1) is 11.6 Å². The van der Waals surface area contributed by atoms with Crippen molar-refractivity contribution in [1.82, 2.24) is 5.32 Å². The zero-order valence-electron chi connectivity index (χ0n) is 13.2. The molecule has 1 atom stereocenters. The molecule has 6 heteroatoms. The molecule has 0 aliphatic heterocycles. The average molecular weight is 349 g/mol. The Morgan fingerprint density at radius 1 is 1.12 bits per heavy atom. The van der Waals surface area contributed by atoms with E-state index in [2.05, 4.69) is 10.6 Å². The molecular weight excluding hydrogens is 331 g/mol. The highest BCUT2D eigenvalue weighted by Gasteiger charge is 2.16. The predicted octanol–water partition coefficient (Wildman–Crippen LogP) is 3.88. The number of alkyl halides is 1. The van der Waals surface area contributed by atoms with Gasteiger partial charge in [-0.25, -0.2) is 4.39 Å². The van der Waals surface area contributed by atoms with Crippen LogP contribution >= 0.6 is 11.6 Å². The van der Waals surface area contributed by atoms with Crippen LogP contribution in [0.5, 0.6) is 0 Å². The highest BCUT2D eigenvalue weighted by molar-refractivity contribution is 6.19. The summed E-state index contributed by atoms with van der Waals surface area (Å²) in [5.74, 6) is -0.697. The van der Waals surface area contributed by atoms with Crippen LogP contribution < -0.4 is 10.6 Å². The van der Waals surface area contributed by atoms with E-state index < -0.39 is 0 Å². The number of amides is 2. The first-order valence-electron chi connectivity index (χ1n) is 7.52. The summed E-state index contributed by atoms with van der Waals surface area (Å²) in [5, 5.41) is 5.52. The molecule has 24 heavy (non-hydrogen) atoms. The number of carbonyl (C=O) groups is 2. The number of hydrogen-bond donors (Lipinski definition) is 2. The molecule has 2 N–H and O–H groups in total. The van der Waals surface area contributed by atoms with Gasteiger partial charge in [0.1, 0.15) is 5.82 Å². The van der Waals surface area contributed by atoms with Crippen LogP contribution in [0.1, 0.15) is 35.3 Å². The van der Waals surface area contributed by atoms with Crippen molar-refractivity contribution in [2.45, 2.75) is 19.4 Å². The van der Waals surface area contributed by atoms with Gasteiger partial charge in [-0.05, 0) is 36.8 Å². The van der Waals surface area contributed by atoms with E-state index in [4.69, 9.17) is 11.6 Å². The van der Waals surface area contributed by atoms with Crippen molar-refractivity contribution in [3.05, 3.63) is 65.5 Å². The van der Waals surface area contributed by atoms with Crippen LogP contribution in [0.2, 0.25) is 0 Å². The van der Waals surface area contributed by atoms with E-state index in [1.165, 1.54) is 12.1 Å². The van der Waals surface area contributed by atoms with Crippen LogP contribution in [0.25, 0.3) is 0 Å². The topological polar surface area (TPSA) is 58.2 Å². The van der Waals surface area contributed by atoms with E-state index >= 15 is 0 Å². The lowest BCUT2D eigenvalue weighted by molar-refractivity contribution is -0.115. The van der Waals surface area contributed by atoms with E-state index in [1.807, 2.05) is 0 Å². The summed E-state index contributed by atoms with van der Waals surface area (Å²) in [6.45, 7) is 1.81. The number of halogens is 2. The predicted molar refractivity (Wildman–Crippen MR) is 92.7 cm³/mol. The Hall–Kier alpha value is -2.40. The average Bonchev–Trinajstić information content (AvgIpc) is 2.56. The van der Waals surface area contributed by atoms with E-state index in [1.54, 1.807) is 43.3 Å². The molecule has 0 saturated carbocycles. The number of anilines is 1. The van der Waals surface area contributed by atoms with Gasteiger partial charge in [0.15, 0.2) is 0 Å². The van der Waals surface area contributed by atoms with Crippen molar-refractivity contribution in [2.75, 3.05) is 11.2 Å². The summed E-state index contributed by atoms with van der Waals surface area (Å²) in [6, 6.07) is 12.4. The quantitative estimate of drug-likeness (QED) is 0.778. The summed E-state index contributed by atoms with van der Waals surface area (Å²) >= 11 is 5.55. The molecule has 0 fully saturated rings. The highest BCUT2D eigenvalue weighted by Crippen LogP contribution is 2.18. The van der Waals surface area contributed by atoms with Crippen molar-refractivity contribution in [3.8, 4) is 0 Å². The largest absolute Gasteiger partial charge is 0.345 e. The summed E-state index contributed by atoms with van der Waals surface area (Å²) in [5.41, 5.74) is 1.57. The van der Waals surface area contributed by atoms with Gasteiger partial charge in [0.05, 0.1) is 17.3 Å². The Morgan fingerprint density at radius 3 is 2.46 bits per heavy atom. The molecule has 0 spiro atoms. The van der Waals surface area contributed by atoms with E-state index in [-0.39, 0.29) is 36.0 Å². The Kier molecular flexibility index (Phi) is 6.32. The maximum absolute atomic E-state index is 13.0. The standard InChI is InChI=1S/C18H18ClFN2O2/c1-12(13-6-8-14(20)9-7-13)21-18(24)15-4-2-3-5-16(15)22-17(23)10-11-19/h2-9,12H,10-11H2,1H3,(H,21,24)(H,22,23)/t12-/m0/s1. The maximum atomic E-state index is 13.0. The van der Waals surface area contributed by atoms with Crippen molar-refractivity contribution < 1.29 is 14.0 Å². The molecule has 126 valence electrons. The molecule has 2 aromatic rings. The monoisotopic (exact) mass is 348 g/mol. The fourth-order valence-corrected chi connectivity index (χ4v) is 2.37. The smallest absolute Gasteiger partial charge is 0.253 e. The third kappa shape index (κ3) is 4.80. The van der Waals surface area contributed by atoms with Crippen LogP contribution in [-0.4, -0.2) is 17.7 Å². The number of hydrogen-bond acceptors (Lipinski definition) is 2. The zero-order valence-corrected chi connectivity index (χ0v) is 13.9. The van der Waals surface area contributed by atoms with Crippen molar-refractivity contribution >= 4 is 29.1 Å².